The second-order valence-corrected chi connectivity index (χ2v) is 3.41. The molecule has 12 heavy (non-hydrogen) atoms. The van der Waals surface area contributed by atoms with Gasteiger partial charge in [-0.15, -0.1) is 0 Å². The van der Waals surface area contributed by atoms with E-state index in [1.165, 1.54) is 0 Å². The smallest absolute Gasteiger partial charge is 0.101 e. The van der Waals surface area contributed by atoms with Crippen molar-refractivity contribution in [1.29, 1.82) is 0 Å². The Labute approximate surface area is 74.5 Å². The van der Waals surface area contributed by atoms with Crippen LogP contribution >= 0.6 is 0 Å². The van der Waals surface area contributed by atoms with Gasteiger partial charge in [-0.3, -0.25) is 9.80 Å². The van der Waals surface area contributed by atoms with Crippen LogP contribution < -0.4 is 5.32 Å². The molecule has 0 saturated carbocycles. The minimum Gasteiger partial charge on any atom is -0.351 e. The van der Waals surface area contributed by atoms with Crippen LogP contribution in [0.2, 0.25) is 0 Å². The van der Waals surface area contributed by atoms with Crippen molar-refractivity contribution < 1.29 is 4.74 Å². The zero-order chi connectivity index (χ0) is 8.81. The zero-order valence-electron chi connectivity index (χ0n) is 8.05. The number of nitrogens with zero attached hydrogens (tertiary/aromatic N) is 2. The van der Waals surface area contributed by atoms with Crippen LogP contribution in [0, 0.1) is 0 Å². The predicted molar refractivity (Wildman–Crippen MR) is 48.9 cm³/mol. The van der Waals surface area contributed by atoms with E-state index in [1.54, 1.807) is 0 Å². The maximum absolute atomic E-state index is 5.46. The maximum Gasteiger partial charge on any atom is 0.101 e. The van der Waals surface area contributed by atoms with Crippen molar-refractivity contribution in [3.63, 3.8) is 0 Å². The number of hydrogen-bond donors (Lipinski definition) is 1. The Kier molecular flexibility index (Phi) is 4.53. The molecule has 0 aromatic heterocycles. The number of ether oxygens (including phenoxy) is 1. The van der Waals surface area contributed by atoms with Crippen LogP contribution in [0.4, 0.5) is 0 Å². The van der Waals surface area contributed by atoms with Crippen molar-refractivity contribution in [2.45, 2.75) is 0 Å². The van der Waals surface area contributed by atoms with Gasteiger partial charge in [-0.1, -0.05) is 0 Å². The van der Waals surface area contributed by atoms with Gasteiger partial charge in [-0.2, -0.15) is 0 Å². The molecule has 1 saturated heterocycles. The van der Waals surface area contributed by atoms with Crippen molar-refractivity contribution in [2.75, 3.05) is 53.7 Å². The quantitative estimate of drug-likeness (QED) is 0.574. The van der Waals surface area contributed by atoms with Crippen LogP contribution in [0.25, 0.3) is 0 Å². The van der Waals surface area contributed by atoms with Gasteiger partial charge in [-0.25, -0.2) is 0 Å². The van der Waals surface area contributed by atoms with Gasteiger partial charge in [0.05, 0.1) is 0 Å². The third kappa shape index (κ3) is 4.01. The van der Waals surface area contributed by atoms with Crippen molar-refractivity contribution in [3.8, 4) is 0 Å². The number of piperazine rings is 1. The Bertz CT molecular complexity index is 113. The Balaban J connectivity index is 1.98. The molecule has 1 aliphatic heterocycles. The molecule has 0 spiro atoms. The lowest BCUT2D eigenvalue weighted by atomic mass is 10.4. The van der Waals surface area contributed by atoms with Crippen LogP contribution in [0.15, 0.2) is 0 Å². The maximum atomic E-state index is 5.46. The molecule has 0 bridgehead atoms. The highest BCUT2D eigenvalue weighted by Gasteiger charge is 2.08. The first-order chi connectivity index (χ1) is 5.79. The molecule has 72 valence electrons. The van der Waals surface area contributed by atoms with Gasteiger partial charge in [0.25, 0.3) is 0 Å². The van der Waals surface area contributed by atoms with Gasteiger partial charge in [-0.05, 0) is 14.1 Å². The third-order valence-electron chi connectivity index (χ3n) is 1.83. The lowest BCUT2D eigenvalue weighted by molar-refractivity contribution is -0.0187. The normalized spacial score (nSPS) is 20.2. The van der Waals surface area contributed by atoms with Crippen LogP contribution in [0.3, 0.4) is 0 Å². The van der Waals surface area contributed by atoms with Gasteiger partial charge in [0.1, 0.15) is 13.5 Å². The fourth-order valence-corrected chi connectivity index (χ4v) is 1.19. The topological polar surface area (TPSA) is 27.7 Å². The zero-order valence-corrected chi connectivity index (χ0v) is 8.05. The van der Waals surface area contributed by atoms with E-state index in [9.17, 15) is 0 Å². The first kappa shape index (κ1) is 9.92. The fraction of sp³-hybridized carbons (Fsp3) is 1.00. The molecule has 0 aromatic rings. The van der Waals surface area contributed by atoms with Crippen molar-refractivity contribution in [2.24, 2.45) is 0 Å². The first-order valence-electron chi connectivity index (χ1n) is 4.44. The molecule has 1 fully saturated rings. The molecular weight excluding hydrogens is 154 g/mol. The Morgan fingerprint density at radius 2 is 2.00 bits per heavy atom. The van der Waals surface area contributed by atoms with Crippen molar-refractivity contribution in [3.05, 3.63) is 0 Å². The molecule has 0 aromatic carbocycles. The molecule has 1 N–H and O–H groups in total. The molecule has 0 aliphatic carbocycles. The highest BCUT2D eigenvalue weighted by atomic mass is 16.5. The van der Waals surface area contributed by atoms with Gasteiger partial charge in [0.2, 0.25) is 0 Å². The molecule has 0 unspecified atom stereocenters. The summed E-state index contributed by atoms with van der Waals surface area (Å²) < 4.78 is 5.46. The van der Waals surface area contributed by atoms with E-state index < -0.39 is 0 Å². The minimum absolute atomic E-state index is 0.712. The Hall–Kier alpha value is -0.160. The molecule has 1 heterocycles. The average molecular weight is 173 g/mol. The summed E-state index contributed by atoms with van der Waals surface area (Å²) in [4.78, 5) is 4.35. The third-order valence-corrected chi connectivity index (χ3v) is 1.83. The van der Waals surface area contributed by atoms with E-state index in [2.05, 4.69) is 10.2 Å². The Morgan fingerprint density at radius 1 is 1.33 bits per heavy atom. The van der Waals surface area contributed by atoms with E-state index in [0.29, 0.717) is 6.73 Å². The SMILES string of the molecule is CN(C)COCN1CCNCC1. The molecule has 0 radical (unpaired) electrons. The lowest BCUT2D eigenvalue weighted by Crippen LogP contribution is -2.44. The summed E-state index contributed by atoms with van der Waals surface area (Å²) in [6.45, 7) is 5.86. The number of nitrogens with one attached hydrogen (secondary N) is 1. The minimum atomic E-state index is 0.712. The molecule has 0 amide bonds. The van der Waals surface area contributed by atoms with E-state index in [-0.39, 0.29) is 0 Å². The second-order valence-electron chi connectivity index (χ2n) is 3.41. The van der Waals surface area contributed by atoms with Gasteiger partial charge >= 0.3 is 0 Å². The first-order valence-corrected chi connectivity index (χ1v) is 4.44. The Morgan fingerprint density at radius 3 is 2.58 bits per heavy atom. The summed E-state index contributed by atoms with van der Waals surface area (Å²) in [6.07, 6.45) is 0. The number of hydrogen-bond acceptors (Lipinski definition) is 4. The van der Waals surface area contributed by atoms with Crippen LogP contribution in [0.5, 0.6) is 0 Å². The average Bonchev–Trinajstić information content (AvgIpc) is 2.05. The van der Waals surface area contributed by atoms with Crippen molar-refractivity contribution in [1.82, 2.24) is 15.1 Å². The second kappa shape index (κ2) is 5.48. The van der Waals surface area contributed by atoms with Crippen LogP contribution in [-0.2, 0) is 4.74 Å². The molecule has 1 aliphatic rings. The van der Waals surface area contributed by atoms with E-state index >= 15 is 0 Å². The monoisotopic (exact) mass is 173 g/mol. The molecule has 0 atom stereocenters. The molecule has 4 heteroatoms. The van der Waals surface area contributed by atoms with Crippen LogP contribution in [-0.4, -0.2) is 63.5 Å². The van der Waals surface area contributed by atoms with Gasteiger partial charge in [0, 0.05) is 26.2 Å². The van der Waals surface area contributed by atoms with E-state index in [1.807, 2.05) is 19.0 Å². The summed E-state index contributed by atoms with van der Waals surface area (Å²) >= 11 is 0. The lowest BCUT2D eigenvalue weighted by Gasteiger charge is -2.27. The van der Waals surface area contributed by atoms with Crippen molar-refractivity contribution >= 4 is 0 Å². The summed E-state index contributed by atoms with van der Waals surface area (Å²) in [6, 6.07) is 0. The standard InChI is InChI=1S/C8H19N3O/c1-10(2)7-12-8-11-5-3-9-4-6-11/h9H,3-8H2,1-2H3. The summed E-state index contributed by atoms with van der Waals surface area (Å²) in [5.74, 6) is 0. The highest BCUT2D eigenvalue weighted by molar-refractivity contribution is 4.64. The summed E-state index contributed by atoms with van der Waals surface area (Å²) in [7, 11) is 4.02. The molecule has 4 nitrogen and oxygen atoms in total. The molecular formula is C8H19N3O. The van der Waals surface area contributed by atoms with Gasteiger partial charge < -0.3 is 10.1 Å². The summed E-state index contributed by atoms with van der Waals surface area (Å²) in [5.41, 5.74) is 0. The molecule has 1 rings (SSSR count). The predicted octanol–water partition coefficient (Wildman–Crippen LogP) is -0.615. The largest absolute Gasteiger partial charge is 0.351 e. The summed E-state index contributed by atoms with van der Waals surface area (Å²) in [5, 5.41) is 3.31. The van der Waals surface area contributed by atoms with Gasteiger partial charge in [0.15, 0.2) is 0 Å². The number of rotatable bonds is 4. The highest BCUT2D eigenvalue weighted by Crippen LogP contribution is 1.92. The van der Waals surface area contributed by atoms with E-state index in [0.717, 1.165) is 32.9 Å². The van der Waals surface area contributed by atoms with E-state index in [4.69, 9.17) is 4.74 Å². The van der Waals surface area contributed by atoms with Crippen LogP contribution in [0.1, 0.15) is 0 Å². The fourth-order valence-electron chi connectivity index (χ4n) is 1.19.